The van der Waals surface area contributed by atoms with Gasteiger partial charge in [-0.2, -0.15) is 9.50 Å². The molecule has 0 unspecified atom stereocenters. The molecule has 0 aliphatic heterocycles. The van der Waals surface area contributed by atoms with E-state index in [1.165, 1.54) is 21.4 Å². The number of thiazole rings is 1. The van der Waals surface area contributed by atoms with Crippen molar-refractivity contribution in [3.63, 3.8) is 0 Å². The number of benzene rings is 3. The number of aryl methyl sites for hydroxylation is 2. The normalized spacial score (nSPS) is 11.9. The molecule has 2 heterocycles. The molecule has 0 amide bonds. The number of hydrogen-bond donors (Lipinski definition) is 0. The van der Waals surface area contributed by atoms with Gasteiger partial charge in [0.05, 0.1) is 4.53 Å². The highest BCUT2D eigenvalue weighted by Crippen LogP contribution is 2.21. The first-order valence-electron chi connectivity index (χ1n) is 10.3. The summed E-state index contributed by atoms with van der Waals surface area (Å²) in [5, 5.41) is 4.44. The van der Waals surface area contributed by atoms with Gasteiger partial charge in [-0.05, 0) is 37.6 Å². The summed E-state index contributed by atoms with van der Waals surface area (Å²) in [6, 6.07) is 23.9. The predicted octanol–water partition coefficient (Wildman–Crippen LogP) is 4.56. The fraction of sp³-hybridized carbons (Fsp3) is 0.115. The van der Waals surface area contributed by atoms with Crippen LogP contribution < -0.4 is 14.8 Å². The van der Waals surface area contributed by atoms with Crippen LogP contribution >= 0.6 is 11.3 Å². The van der Waals surface area contributed by atoms with Crippen LogP contribution in [-0.4, -0.2) is 14.6 Å². The lowest BCUT2D eigenvalue weighted by Crippen LogP contribution is -2.23. The predicted molar refractivity (Wildman–Crippen MR) is 128 cm³/mol. The number of fused-ring (bicyclic) bond motifs is 1. The van der Waals surface area contributed by atoms with Crippen LogP contribution in [0, 0.1) is 13.8 Å². The number of ether oxygens (including phenoxy) is 1. The number of aromatic nitrogens is 3. The van der Waals surface area contributed by atoms with Crippen LogP contribution in [0.3, 0.4) is 0 Å². The molecule has 5 rings (SSSR count). The van der Waals surface area contributed by atoms with Crippen LogP contribution in [0.2, 0.25) is 0 Å². The lowest BCUT2D eigenvalue weighted by molar-refractivity contribution is 0.305. The molecule has 158 valence electrons. The third kappa shape index (κ3) is 4.05. The van der Waals surface area contributed by atoms with Crippen LogP contribution in [0.1, 0.15) is 22.3 Å². The molecule has 0 atom stereocenters. The van der Waals surface area contributed by atoms with Crippen molar-refractivity contribution in [2.45, 2.75) is 20.5 Å². The standard InChI is InChI=1S/C26H21N3O2S/c1-17-10-12-19(13-11-17)16-31-22-9-4-3-7-20(22)15-23-25(30)29-26(32-23)27-24(28-29)21-8-5-6-18(2)14-21/h3-15H,16H2,1-2H3/b23-15-. The highest BCUT2D eigenvalue weighted by molar-refractivity contribution is 7.15. The molecule has 0 saturated heterocycles. The van der Waals surface area contributed by atoms with E-state index < -0.39 is 0 Å². The minimum atomic E-state index is -0.176. The Morgan fingerprint density at radius 2 is 1.78 bits per heavy atom. The molecule has 6 heteroatoms. The van der Waals surface area contributed by atoms with E-state index in [4.69, 9.17) is 4.74 Å². The van der Waals surface area contributed by atoms with Gasteiger partial charge in [-0.15, -0.1) is 5.10 Å². The zero-order valence-corrected chi connectivity index (χ0v) is 18.6. The fourth-order valence-electron chi connectivity index (χ4n) is 3.46. The molecule has 0 fully saturated rings. The minimum absolute atomic E-state index is 0.176. The second-order valence-corrected chi connectivity index (χ2v) is 8.74. The SMILES string of the molecule is Cc1ccc(COc2ccccc2/C=c2\sc3nc(-c4cccc(C)c4)nn3c2=O)cc1. The largest absolute Gasteiger partial charge is 0.488 e. The summed E-state index contributed by atoms with van der Waals surface area (Å²) in [6.45, 7) is 4.54. The molecule has 5 aromatic rings. The first-order chi connectivity index (χ1) is 15.6. The maximum atomic E-state index is 13.0. The van der Waals surface area contributed by atoms with Gasteiger partial charge in [0, 0.05) is 11.1 Å². The van der Waals surface area contributed by atoms with Gasteiger partial charge >= 0.3 is 0 Å². The Morgan fingerprint density at radius 3 is 2.56 bits per heavy atom. The van der Waals surface area contributed by atoms with Crippen LogP contribution in [0.25, 0.3) is 22.4 Å². The van der Waals surface area contributed by atoms with E-state index in [1.54, 1.807) is 0 Å². The summed E-state index contributed by atoms with van der Waals surface area (Å²) in [6.07, 6.45) is 1.85. The smallest absolute Gasteiger partial charge is 0.291 e. The molecule has 0 aliphatic carbocycles. The van der Waals surface area contributed by atoms with E-state index in [2.05, 4.69) is 41.3 Å². The Bertz CT molecular complexity index is 1520. The Hall–Kier alpha value is -3.77. The Kier molecular flexibility index (Phi) is 5.29. The van der Waals surface area contributed by atoms with Gasteiger partial charge in [-0.25, -0.2) is 0 Å². The maximum absolute atomic E-state index is 13.0. The van der Waals surface area contributed by atoms with Crippen molar-refractivity contribution in [3.8, 4) is 17.1 Å². The van der Waals surface area contributed by atoms with Crippen LogP contribution in [-0.2, 0) is 6.61 Å². The van der Waals surface area contributed by atoms with Gasteiger partial charge in [0.2, 0.25) is 4.96 Å². The van der Waals surface area contributed by atoms with Crippen molar-refractivity contribution >= 4 is 22.4 Å². The van der Waals surface area contributed by atoms with Gasteiger partial charge in [-0.1, -0.05) is 83.1 Å². The summed E-state index contributed by atoms with van der Waals surface area (Å²) < 4.78 is 8.00. The lowest BCUT2D eigenvalue weighted by atomic mass is 10.1. The molecule has 0 aliphatic rings. The highest BCUT2D eigenvalue weighted by atomic mass is 32.1. The molecule has 0 saturated carbocycles. The van der Waals surface area contributed by atoms with Gasteiger partial charge in [0.15, 0.2) is 5.82 Å². The molecule has 0 bridgehead atoms. The monoisotopic (exact) mass is 439 g/mol. The van der Waals surface area contributed by atoms with E-state index >= 15 is 0 Å². The first kappa shape index (κ1) is 20.2. The van der Waals surface area contributed by atoms with Crippen molar-refractivity contribution in [3.05, 3.63) is 110 Å². The number of hydrogen-bond acceptors (Lipinski definition) is 5. The second kappa shape index (κ2) is 8.40. The summed E-state index contributed by atoms with van der Waals surface area (Å²) >= 11 is 1.33. The van der Waals surface area contributed by atoms with Crippen molar-refractivity contribution in [2.75, 3.05) is 0 Å². The zero-order valence-electron chi connectivity index (χ0n) is 17.8. The van der Waals surface area contributed by atoms with E-state index in [1.807, 2.05) is 61.5 Å². The molecule has 3 aromatic carbocycles. The van der Waals surface area contributed by atoms with Gasteiger partial charge in [-0.3, -0.25) is 4.79 Å². The highest BCUT2D eigenvalue weighted by Gasteiger charge is 2.12. The van der Waals surface area contributed by atoms with Crippen molar-refractivity contribution in [1.29, 1.82) is 0 Å². The summed E-state index contributed by atoms with van der Waals surface area (Å²) in [7, 11) is 0. The average molecular weight is 440 g/mol. The molecule has 5 nitrogen and oxygen atoms in total. The molecule has 0 N–H and O–H groups in total. The topological polar surface area (TPSA) is 56.5 Å². The summed E-state index contributed by atoms with van der Waals surface area (Å²) in [4.78, 5) is 18.1. The number of para-hydroxylation sites is 1. The fourth-order valence-corrected chi connectivity index (χ4v) is 4.36. The third-order valence-corrected chi connectivity index (χ3v) is 6.14. The maximum Gasteiger partial charge on any atom is 0.291 e. The first-order valence-corrected chi connectivity index (χ1v) is 11.1. The summed E-state index contributed by atoms with van der Waals surface area (Å²) in [5.41, 5.74) is 5.01. The van der Waals surface area contributed by atoms with Crippen LogP contribution in [0.15, 0.2) is 77.6 Å². The van der Waals surface area contributed by atoms with E-state index in [-0.39, 0.29) is 5.56 Å². The second-order valence-electron chi connectivity index (χ2n) is 7.73. The Balaban J connectivity index is 1.46. The molecular formula is C26H21N3O2S. The summed E-state index contributed by atoms with van der Waals surface area (Å²) in [5.74, 6) is 1.29. The van der Waals surface area contributed by atoms with Gasteiger partial charge < -0.3 is 4.74 Å². The molecule has 32 heavy (non-hydrogen) atoms. The lowest BCUT2D eigenvalue weighted by Gasteiger charge is -2.09. The molecular weight excluding hydrogens is 418 g/mol. The quantitative estimate of drug-likeness (QED) is 0.403. The molecule has 0 spiro atoms. The van der Waals surface area contributed by atoms with Gasteiger partial charge in [0.1, 0.15) is 12.4 Å². The zero-order chi connectivity index (χ0) is 22.1. The van der Waals surface area contributed by atoms with E-state index in [9.17, 15) is 4.79 Å². The van der Waals surface area contributed by atoms with E-state index in [0.29, 0.717) is 21.9 Å². The Labute approximate surface area is 189 Å². The number of rotatable bonds is 5. The molecule has 0 radical (unpaired) electrons. The van der Waals surface area contributed by atoms with Crippen LogP contribution in [0.4, 0.5) is 0 Å². The van der Waals surface area contributed by atoms with Crippen molar-refractivity contribution < 1.29 is 4.74 Å². The van der Waals surface area contributed by atoms with Crippen molar-refractivity contribution in [2.24, 2.45) is 0 Å². The van der Waals surface area contributed by atoms with Crippen molar-refractivity contribution in [1.82, 2.24) is 14.6 Å². The third-order valence-electron chi connectivity index (χ3n) is 5.18. The Morgan fingerprint density at radius 1 is 0.969 bits per heavy atom. The minimum Gasteiger partial charge on any atom is -0.488 e. The van der Waals surface area contributed by atoms with E-state index in [0.717, 1.165) is 28.0 Å². The van der Waals surface area contributed by atoms with Crippen LogP contribution in [0.5, 0.6) is 5.75 Å². The molecule has 2 aromatic heterocycles. The average Bonchev–Trinajstić information content (AvgIpc) is 3.34. The number of nitrogens with zero attached hydrogens (tertiary/aromatic N) is 3. The van der Waals surface area contributed by atoms with Gasteiger partial charge in [0.25, 0.3) is 5.56 Å².